The number of nitrogens with zero attached hydrogens (tertiary/aromatic N) is 1. The van der Waals surface area contributed by atoms with Crippen LogP contribution in [-0.4, -0.2) is 17.0 Å². The Morgan fingerprint density at radius 2 is 1.94 bits per heavy atom. The van der Waals surface area contributed by atoms with E-state index >= 15 is 0 Å². The Balaban J connectivity index is 2.05. The number of hydrogen-bond acceptors (Lipinski definition) is 1. The SMILES string of the molecule is CCC1CN(Cc2ccccc2)C(C)(C)C1. The molecule has 0 aromatic heterocycles. The van der Waals surface area contributed by atoms with Crippen LogP contribution in [0.1, 0.15) is 39.2 Å². The molecule has 1 aliphatic rings. The third kappa shape index (κ3) is 2.46. The van der Waals surface area contributed by atoms with E-state index in [0.29, 0.717) is 5.54 Å². The Bertz CT molecular complexity index is 329. The number of likely N-dealkylation sites (tertiary alicyclic amines) is 1. The van der Waals surface area contributed by atoms with Crippen molar-refractivity contribution in [2.45, 2.75) is 45.7 Å². The van der Waals surface area contributed by atoms with Gasteiger partial charge in [-0.2, -0.15) is 0 Å². The Morgan fingerprint density at radius 1 is 1.25 bits per heavy atom. The Morgan fingerprint density at radius 3 is 2.50 bits per heavy atom. The first-order valence-electron chi connectivity index (χ1n) is 6.41. The predicted molar refractivity (Wildman–Crippen MR) is 69.3 cm³/mol. The molecule has 1 heterocycles. The lowest BCUT2D eigenvalue weighted by atomic mass is 9.95. The van der Waals surface area contributed by atoms with E-state index in [4.69, 9.17) is 0 Å². The fourth-order valence-electron chi connectivity index (χ4n) is 2.81. The van der Waals surface area contributed by atoms with Gasteiger partial charge in [-0.3, -0.25) is 4.90 Å². The summed E-state index contributed by atoms with van der Waals surface area (Å²) in [5.41, 5.74) is 1.81. The molecule has 0 radical (unpaired) electrons. The summed E-state index contributed by atoms with van der Waals surface area (Å²) in [6.45, 7) is 9.44. The standard InChI is InChI=1S/C15H23N/c1-4-13-10-15(2,3)16(11-13)12-14-8-6-5-7-9-14/h5-9,13H,4,10-12H2,1-3H3. The molecule has 1 aromatic carbocycles. The van der Waals surface area contributed by atoms with Crippen molar-refractivity contribution in [3.8, 4) is 0 Å². The monoisotopic (exact) mass is 217 g/mol. The Hall–Kier alpha value is -0.820. The van der Waals surface area contributed by atoms with Crippen molar-refractivity contribution in [1.82, 2.24) is 4.90 Å². The van der Waals surface area contributed by atoms with Crippen LogP contribution >= 0.6 is 0 Å². The van der Waals surface area contributed by atoms with Gasteiger partial charge in [0.1, 0.15) is 0 Å². The minimum atomic E-state index is 0.372. The minimum Gasteiger partial charge on any atom is -0.294 e. The highest BCUT2D eigenvalue weighted by atomic mass is 15.2. The second-order valence-corrected chi connectivity index (χ2v) is 5.66. The summed E-state index contributed by atoms with van der Waals surface area (Å²) in [6.07, 6.45) is 2.66. The maximum absolute atomic E-state index is 2.64. The van der Waals surface area contributed by atoms with Gasteiger partial charge in [-0.05, 0) is 31.7 Å². The molecule has 1 fully saturated rings. The van der Waals surface area contributed by atoms with Crippen molar-refractivity contribution in [3.05, 3.63) is 35.9 Å². The fourth-order valence-corrected chi connectivity index (χ4v) is 2.81. The van der Waals surface area contributed by atoms with Gasteiger partial charge in [0.25, 0.3) is 0 Å². The Kier molecular flexibility index (Phi) is 3.34. The van der Waals surface area contributed by atoms with E-state index < -0.39 is 0 Å². The van der Waals surface area contributed by atoms with E-state index in [0.717, 1.165) is 12.5 Å². The molecular weight excluding hydrogens is 194 g/mol. The summed E-state index contributed by atoms with van der Waals surface area (Å²) in [7, 11) is 0. The van der Waals surface area contributed by atoms with Crippen LogP contribution in [0, 0.1) is 5.92 Å². The maximum Gasteiger partial charge on any atom is 0.0239 e. The summed E-state index contributed by atoms with van der Waals surface area (Å²) >= 11 is 0. The van der Waals surface area contributed by atoms with Crippen molar-refractivity contribution in [3.63, 3.8) is 0 Å². The van der Waals surface area contributed by atoms with Crippen LogP contribution in [0.15, 0.2) is 30.3 Å². The van der Waals surface area contributed by atoms with Crippen molar-refractivity contribution < 1.29 is 0 Å². The van der Waals surface area contributed by atoms with Crippen LogP contribution in [0.3, 0.4) is 0 Å². The van der Waals surface area contributed by atoms with Crippen LogP contribution in [0.4, 0.5) is 0 Å². The molecule has 0 spiro atoms. The van der Waals surface area contributed by atoms with E-state index in [1.165, 1.54) is 24.9 Å². The highest BCUT2D eigenvalue weighted by molar-refractivity contribution is 5.15. The summed E-state index contributed by atoms with van der Waals surface area (Å²) in [5.74, 6) is 0.888. The average molecular weight is 217 g/mol. The second kappa shape index (κ2) is 4.58. The summed E-state index contributed by atoms with van der Waals surface area (Å²) in [4.78, 5) is 2.64. The highest BCUT2D eigenvalue weighted by Gasteiger charge is 2.36. The summed E-state index contributed by atoms with van der Waals surface area (Å²) in [5, 5.41) is 0. The van der Waals surface area contributed by atoms with Gasteiger partial charge in [0.15, 0.2) is 0 Å². The molecule has 16 heavy (non-hydrogen) atoms. The van der Waals surface area contributed by atoms with Crippen LogP contribution < -0.4 is 0 Å². The number of rotatable bonds is 3. The van der Waals surface area contributed by atoms with E-state index in [9.17, 15) is 0 Å². The summed E-state index contributed by atoms with van der Waals surface area (Å²) < 4.78 is 0. The molecule has 2 rings (SSSR count). The molecule has 0 saturated carbocycles. The molecule has 88 valence electrons. The minimum absolute atomic E-state index is 0.372. The third-order valence-corrected chi connectivity index (χ3v) is 3.92. The maximum atomic E-state index is 2.64. The summed E-state index contributed by atoms with van der Waals surface area (Å²) in [6, 6.07) is 10.8. The molecule has 0 N–H and O–H groups in total. The van der Waals surface area contributed by atoms with E-state index in [1.54, 1.807) is 0 Å². The molecular formula is C15H23N. The quantitative estimate of drug-likeness (QED) is 0.746. The number of hydrogen-bond donors (Lipinski definition) is 0. The van der Waals surface area contributed by atoms with Gasteiger partial charge in [0, 0.05) is 18.6 Å². The average Bonchev–Trinajstić information content (AvgIpc) is 2.55. The number of benzene rings is 1. The first-order valence-corrected chi connectivity index (χ1v) is 6.41. The van der Waals surface area contributed by atoms with Crippen molar-refractivity contribution >= 4 is 0 Å². The van der Waals surface area contributed by atoms with Crippen LogP contribution in [0.2, 0.25) is 0 Å². The smallest absolute Gasteiger partial charge is 0.0239 e. The normalized spacial score (nSPS) is 24.8. The fraction of sp³-hybridized carbons (Fsp3) is 0.600. The van der Waals surface area contributed by atoms with Gasteiger partial charge >= 0.3 is 0 Å². The van der Waals surface area contributed by atoms with Gasteiger partial charge in [0.2, 0.25) is 0 Å². The second-order valence-electron chi connectivity index (χ2n) is 5.66. The topological polar surface area (TPSA) is 3.24 Å². The van der Waals surface area contributed by atoms with Crippen molar-refractivity contribution in [2.75, 3.05) is 6.54 Å². The molecule has 0 amide bonds. The molecule has 1 heteroatoms. The molecule has 0 aliphatic carbocycles. The van der Waals surface area contributed by atoms with Crippen LogP contribution in [-0.2, 0) is 6.54 Å². The van der Waals surface area contributed by atoms with Crippen LogP contribution in [0.25, 0.3) is 0 Å². The zero-order valence-corrected chi connectivity index (χ0v) is 10.7. The highest BCUT2D eigenvalue weighted by Crippen LogP contribution is 2.35. The van der Waals surface area contributed by atoms with E-state index in [-0.39, 0.29) is 0 Å². The zero-order chi connectivity index (χ0) is 11.6. The van der Waals surface area contributed by atoms with Crippen molar-refractivity contribution in [2.24, 2.45) is 5.92 Å². The lowest BCUT2D eigenvalue weighted by Crippen LogP contribution is -2.37. The predicted octanol–water partition coefficient (Wildman–Crippen LogP) is 3.70. The molecule has 1 aliphatic heterocycles. The van der Waals surface area contributed by atoms with Gasteiger partial charge in [-0.15, -0.1) is 0 Å². The van der Waals surface area contributed by atoms with Crippen molar-refractivity contribution in [1.29, 1.82) is 0 Å². The molecule has 1 saturated heterocycles. The van der Waals surface area contributed by atoms with E-state index in [1.807, 2.05) is 0 Å². The van der Waals surface area contributed by atoms with E-state index in [2.05, 4.69) is 56.0 Å². The lowest BCUT2D eigenvalue weighted by Gasteiger charge is -2.31. The van der Waals surface area contributed by atoms with Crippen LogP contribution in [0.5, 0.6) is 0 Å². The lowest BCUT2D eigenvalue weighted by molar-refractivity contribution is 0.166. The molecule has 1 atom stereocenters. The molecule has 1 aromatic rings. The first-order chi connectivity index (χ1) is 7.62. The third-order valence-electron chi connectivity index (χ3n) is 3.92. The molecule has 1 nitrogen and oxygen atoms in total. The van der Waals surface area contributed by atoms with Gasteiger partial charge < -0.3 is 0 Å². The van der Waals surface area contributed by atoms with Gasteiger partial charge in [0.05, 0.1) is 0 Å². The zero-order valence-electron chi connectivity index (χ0n) is 10.7. The Labute approximate surface area is 99.5 Å². The largest absolute Gasteiger partial charge is 0.294 e. The van der Waals surface area contributed by atoms with Gasteiger partial charge in [-0.25, -0.2) is 0 Å². The molecule has 1 unspecified atom stereocenters. The van der Waals surface area contributed by atoms with Gasteiger partial charge in [-0.1, -0.05) is 43.7 Å². The molecule has 0 bridgehead atoms. The first kappa shape index (κ1) is 11.7.